The van der Waals surface area contributed by atoms with Crippen LogP contribution in [0.15, 0.2) is 53.8 Å². The fraction of sp³-hybridized carbons (Fsp3) is 0.118. The zero-order valence-corrected chi connectivity index (χ0v) is 13.3. The molecule has 0 unspecified atom stereocenters. The third-order valence-electron chi connectivity index (χ3n) is 2.98. The zero-order valence-electron chi connectivity index (χ0n) is 13.3. The number of amidine groups is 1. The number of hydrogen-bond donors (Lipinski definition) is 1. The first-order valence-electron chi connectivity index (χ1n) is 7.00. The minimum Gasteiger partial charge on any atom is -0.493 e. The average molecular weight is 327 g/mol. The van der Waals surface area contributed by atoms with Gasteiger partial charge in [0.15, 0.2) is 17.3 Å². The van der Waals surface area contributed by atoms with Gasteiger partial charge in [-0.25, -0.2) is 4.79 Å². The molecule has 0 aliphatic heterocycles. The van der Waals surface area contributed by atoms with E-state index in [1.165, 1.54) is 13.2 Å². The summed E-state index contributed by atoms with van der Waals surface area (Å²) < 4.78 is 10.3. The molecule has 0 radical (unpaired) electrons. The Balaban J connectivity index is 2.00. The lowest BCUT2D eigenvalue weighted by Gasteiger charge is -2.07. The summed E-state index contributed by atoms with van der Waals surface area (Å²) >= 11 is 0. The second-order valence-electron chi connectivity index (χ2n) is 4.55. The van der Waals surface area contributed by atoms with Crippen molar-refractivity contribution in [1.29, 1.82) is 0 Å². The van der Waals surface area contributed by atoms with E-state index in [2.05, 4.69) is 10.1 Å². The Hall–Kier alpha value is -3.35. The molecule has 0 atom stereocenters. The smallest absolute Gasteiger partial charge is 0.358 e. The van der Waals surface area contributed by atoms with E-state index in [1.54, 1.807) is 55.8 Å². The molecule has 0 saturated heterocycles. The number of methoxy groups -OCH3 is 2. The Morgan fingerprint density at radius 3 is 2.62 bits per heavy atom. The lowest BCUT2D eigenvalue weighted by atomic mass is 10.2. The molecule has 2 N–H and O–H groups in total. The number of aromatic nitrogens is 1. The van der Waals surface area contributed by atoms with Crippen molar-refractivity contribution in [3.8, 4) is 11.5 Å². The molecule has 0 aliphatic rings. The number of rotatable bonds is 6. The van der Waals surface area contributed by atoms with Crippen molar-refractivity contribution in [3.05, 3.63) is 59.9 Å². The highest BCUT2D eigenvalue weighted by molar-refractivity contribution is 5.96. The van der Waals surface area contributed by atoms with Gasteiger partial charge in [0.25, 0.3) is 0 Å². The van der Waals surface area contributed by atoms with Crippen molar-refractivity contribution < 1.29 is 19.1 Å². The number of benzene rings is 1. The first-order valence-corrected chi connectivity index (χ1v) is 7.00. The summed E-state index contributed by atoms with van der Waals surface area (Å²) in [6, 6.07) is 10.4. The summed E-state index contributed by atoms with van der Waals surface area (Å²) in [6.45, 7) is 0. The van der Waals surface area contributed by atoms with Crippen LogP contribution in [-0.4, -0.2) is 31.0 Å². The van der Waals surface area contributed by atoms with E-state index in [9.17, 15) is 4.79 Å². The standard InChI is InChI=1S/C17H17N3O4/c1-22-14-8-6-12(11-15(14)23-2)7-9-16(21)24-20-17(18)13-5-3-4-10-19-13/h3-11H,1-2H3,(H2,18,20)/b9-7+. The summed E-state index contributed by atoms with van der Waals surface area (Å²) in [4.78, 5) is 20.4. The number of carbonyl (C=O) groups is 1. The SMILES string of the molecule is COc1ccc(/C=C/C(=O)O/N=C(\N)c2ccccn2)cc1OC. The van der Waals surface area contributed by atoms with E-state index in [0.29, 0.717) is 17.2 Å². The number of ether oxygens (including phenoxy) is 2. The van der Waals surface area contributed by atoms with Gasteiger partial charge in [-0.3, -0.25) is 4.98 Å². The normalized spacial score (nSPS) is 11.3. The third-order valence-corrected chi connectivity index (χ3v) is 2.98. The van der Waals surface area contributed by atoms with Gasteiger partial charge in [-0.15, -0.1) is 0 Å². The molecule has 7 nitrogen and oxygen atoms in total. The summed E-state index contributed by atoms with van der Waals surface area (Å²) in [6.07, 6.45) is 4.36. The zero-order chi connectivity index (χ0) is 17.4. The minimum atomic E-state index is -0.663. The Labute approximate surface area is 139 Å². The first-order chi connectivity index (χ1) is 11.6. The van der Waals surface area contributed by atoms with E-state index in [0.717, 1.165) is 5.56 Å². The fourth-order valence-electron chi connectivity index (χ4n) is 1.81. The van der Waals surface area contributed by atoms with Gasteiger partial charge in [0, 0.05) is 12.3 Å². The molecule has 24 heavy (non-hydrogen) atoms. The molecule has 1 heterocycles. The molecule has 0 bridgehead atoms. The number of nitrogens with zero attached hydrogens (tertiary/aromatic N) is 2. The van der Waals surface area contributed by atoms with E-state index in [1.807, 2.05) is 0 Å². The van der Waals surface area contributed by atoms with Gasteiger partial charge < -0.3 is 20.0 Å². The minimum absolute atomic E-state index is 0.0171. The predicted octanol–water partition coefficient (Wildman–Crippen LogP) is 1.98. The third kappa shape index (κ3) is 4.57. The topological polar surface area (TPSA) is 96.0 Å². The van der Waals surface area contributed by atoms with Crippen molar-refractivity contribution in [3.63, 3.8) is 0 Å². The van der Waals surface area contributed by atoms with Gasteiger partial charge in [-0.2, -0.15) is 0 Å². The van der Waals surface area contributed by atoms with E-state index < -0.39 is 5.97 Å². The molecule has 7 heteroatoms. The van der Waals surface area contributed by atoms with Crippen molar-refractivity contribution in [2.75, 3.05) is 14.2 Å². The van der Waals surface area contributed by atoms with Gasteiger partial charge in [-0.1, -0.05) is 17.3 Å². The molecule has 1 aromatic heterocycles. The molecule has 124 valence electrons. The van der Waals surface area contributed by atoms with Crippen LogP contribution in [0.4, 0.5) is 0 Å². The number of nitrogens with two attached hydrogens (primary N) is 1. The van der Waals surface area contributed by atoms with E-state index >= 15 is 0 Å². The van der Waals surface area contributed by atoms with Crippen LogP contribution in [0.25, 0.3) is 6.08 Å². The molecule has 0 fully saturated rings. The van der Waals surface area contributed by atoms with Crippen LogP contribution < -0.4 is 15.2 Å². The highest BCUT2D eigenvalue weighted by atomic mass is 16.7. The van der Waals surface area contributed by atoms with Crippen LogP contribution in [0.1, 0.15) is 11.3 Å². The van der Waals surface area contributed by atoms with Gasteiger partial charge >= 0.3 is 5.97 Å². The van der Waals surface area contributed by atoms with Crippen molar-refractivity contribution in [2.24, 2.45) is 10.9 Å². The molecule has 0 spiro atoms. The largest absolute Gasteiger partial charge is 0.493 e. The molecule has 0 amide bonds. The van der Waals surface area contributed by atoms with Gasteiger partial charge in [0.1, 0.15) is 5.69 Å². The molecule has 2 aromatic rings. The van der Waals surface area contributed by atoms with Crippen LogP contribution in [0, 0.1) is 0 Å². The van der Waals surface area contributed by atoms with Gasteiger partial charge in [0.2, 0.25) is 0 Å². The second kappa shape index (κ2) is 8.33. The maximum Gasteiger partial charge on any atom is 0.358 e. The number of carbonyl (C=O) groups excluding carboxylic acids is 1. The predicted molar refractivity (Wildman–Crippen MR) is 89.6 cm³/mol. The maximum atomic E-state index is 11.7. The van der Waals surface area contributed by atoms with Crippen LogP contribution in [0.2, 0.25) is 0 Å². The highest BCUT2D eigenvalue weighted by Crippen LogP contribution is 2.27. The van der Waals surface area contributed by atoms with Crippen LogP contribution in [-0.2, 0) is 9.63 Å². The summed E-state index contributed by atoms with van der Waals surface area (Å²) in [5.74, 6) is 0.516. The highest BCUT2D eigenvalue weighted by Gasteiger charge is 2.04. The molecule has 1 aromatic carbocycles. The number of oxime groups is 1. The average Bonchev–Trinajstić information content (AvgIpc) is 2.64. The van der Waals surface area contributed by atoms with E-state index in [-0.39, 0.29) is 5.84 Å². The van der Waals surface area contributed by atoms with Crippen molar-refractivity contribution in [1.82, 2.24) is 4.98 Å². The lowest BCUT2D eigenvalue weighted by molar-refractivity contribution is -0.137. The van der Waals surface area contributed by atoms with Crippen LogP contribution in [0.5, 0.6) is 11.5 Å². The summed E-state index contributed by atoms with van der Waals surface area (Å²) in [7, 11) is 3.09. The molecule has 0 aliphatic carbocycles. The Kier molecular flexibility index (Phi) is 5.90. The van der Waals surface area contributed by atoms with E-state index in [4.69, 9.17) is 20.0 Å². The summed E-state index contributed by atoms with van der Waals surface area (Å²) in [5.41, 5.74) is 6.84. The van der Waals surface area contributed by atoms with Crippen LogP contribution in [0.3, 0.4) is 0 Å². The number of pyridine rings is 1. The first kappa shape index (κ1) is 17.0. The molecule has 0 saturated carbocycles. The van der Waals surface area contributed by atoms with Crippen molar-refractivity contribution >= 4 is 17.9 Å². The Morgan fingerprint density at radius 1 is 1.17 bits per heavy atom. The molecular formula is C17H17N3O4. The fourth-order valence-corrected chi connectivity index (χ4v) is 1.81. The Bertz CT molecular complexity index is 758. The molecular weight excluding hydrogens is 310 g/mol. The lowest BCUT2D eigenvalue weighted by Crippen LogP contribution is -2.16. The number of hydrogen-bond acceptors (Lipinski definition) is 6. The monoisotopic (exact) mass is 327 g/mol. The second-order valence-corrected chi connectivity index (χ2v) is 4.55. The van der Waals surface area contributed by atoms with Gasteiger partial charge in [0.05, 0.1) is 14.2 Å². The van der Waals surface area contributed by atoms with Crippen molar-refractivity contribution in [2.45, 2.75) is 0 Å². The quantitative estimate of drug-likeness (QED) is 0.286. The molecule has 2 rings (SSSR count). The van der Waals surface area contributed by atoms with Gasteiger partial charge in [-0.05, 0) is 35.9 Å². The van der Waals surface area contributed by atoms with Crippen LogP contribution >= 0.6 is 0 Å². The summed E-state index contributed by atoms with van der Waals surface area (Å²) in [5, 5.41) is 3.55. The Morgan fingerprint density at radius 2 is 1.96 bits per heavy atom. The maximum absolute atomic E-state index is 11.7.